The lowest BCUT2D eigenvalue weighted by Gasteiger charge is -2.34. The molecule has 1 atom stereocenters. The number of fused-ring (bicyclic) bond motifs is 1. The number of carbonyl (C=O) groups excluding carboxylic acids is 1. The Hall–Kier alpha value is -1.95. The second-order valence-corrected chi connectivity index (χ2v) is 7.62. The summed E-state index contributed by atoms with van der Waals surface area (Å²) in [4.78, 5) is 16.8. The highest BCUT2D eigenvalue weighted by atomic mass is 16.6. The van der Waals surface area contributed by atoms with Gasteiger partial charge >= 0.3 is 6.03 Å². The number of nitrogens with one attached hydrogen (secondary N) is 1. The van der Waals surface area contributed by atoms with E-state index in [2.05, 4.69) is 24.1 Å². The van der Waals surface area contributed by atoms with Gasteiger partial charge in [0.15, 0.2) is 11.5 Å². The first-order valence-corrected chi connectivity index (χ1v) is 9.00. The van der Waals surface area contributed by atoms with Crippen LogP contribution in [-0.2, 0) is 0 Å². The van der Waals surface area contributed by atoms with Crippen LogP contribution in [0, 0.1) is 0 Å². The van der Waals surface area contributed by atoms with Crippen molar-refractivity contribution in [2.45, 2.75) is 38.3 Å². The number of hydrogen-bond acceptors (Lipinski definition) is 4. The summed E-state index contributed by atoms with van der Waals surface area (Å²) in [5, 5.41) is 3.10. The SMILES string of the molecule is CN(C)C(C)(C)CNC(=O)N1CCCC1c1ccc2c(c1)OCCO2. The number of benzene rings is 1. The molecule has 2 heterocycles. The molecule has 1 aromatic carbocycles. The van der Waals surface area contributed by atoms with Crippen LogP contribution in [0.4, 0.5) is 4.79 Å². The average molecular weight is 347 g/mol. The normalized spacial score (nSPS) is 20.0. The molecule has 0 spiro atoms. The summed E-state index contributed by atoms with van der Waals surface area (Å²) < 4.78 is 11.3. The van der Waals surface area contributed by atoms with E-state index in [1.165, 1.54) is 0 Å². The second kappa shape index (κ2) is 7.12. The van der Waals surface area contributed by atoms with Crippen LogP contribution in [0.3, 0.4) is 0 Å². The molecule has 138 valence electrons. The standard InChI is InChI=1S/C19H29N3O3/c1-19(2,21(3)4)13-20-18(23)22-9-5-6-15(22)14-7-8-16-17(12-14)25-11-10-24-16/h7-8,12,15H,5-6,9-11,13H2,1-4H3,(H,20,23). The van der Waals surface area contributed by atoms with Crippen LogP contribution in [0.15, 0.2) is 18.2 Å². The van der Waals surface area contributed by atoms with Crippen LogP contribution in [-0.4, -0.2) is 61.8 Å². The summed E-state index contributed by atoms with van der Waals surface area (Å²) in [7, 11) is 4.06. The minimum atomic E-state index is -0.0815. The summed E-state index contributed by atoms with van der Waals surface area (Å²) in [5.74, 6) is 1.57. The maximum Gasteiger partial charge on any atom is 0.317 e. The molecule has 2 aliphatic rings. The van der Waals surface area contributed by atoms with Crippen molar-refractivity contribution < 1.29 is 14.3 Å². The Morgan fingerprint density at radius 3 is 2.72 bits per heavy atom. The van der Waals surface area contributed by atoms with E-state index in [0.29, 0.717) is 19.8 Å². The van der Waals surface area contributed by atoms with Gasteiger partial charge in [0, 0.05) is 18.6 Å². The van der Waals surface area contributed by atoms with Crippen molar-refractivity contribution in [3.8, 4) is 11.5 Å². The quantitative estimate of drug-likeness (QED) is 0.910. The van der Waals surface area contributed by atoms with Crippen LogP contribution in [0.5, 0.6) is 11.5 Å². The maximum absolute atomic E-state index is 12.7. The van der Waals surface area contributed by atoms with Gasteiger partial charge in [-0.2, -0.15) is 0 Å². The largest absolute Gasteiger partial charge is 0.486 e. The minimum Gasteiger partial charge on any atom is -0.486 e. The number of ether oxygens (including phenoxy) is 2. The molecular formula is C19H29N3O3. The number of likely N-dealkylation sites (tertiary alicyclic amines) is 1. The Balaban J connectivity index is 1.69. The number of rotatable bonds is 4. The Morgan fingerprint density at radius 1 is 1.28 bits per heavy atom. The molecular weight excluding hydrogens is 318 g/mol. The first-order valence-electron chi connectivity index (χ1n) is 9.00. The summed E-state index contributed by atoms with van der Waals surface area (Å²) in [5.41, 5.74) is 1.03. The molecule has 0 saturated carbocycles. The molecule has 1 N–H and O–H groups in total. The van der Waals surface area contributed by atoms with Crippen LogP contribution in [0.25, 0.3) is 0 Å². The fraction of sp³-hybridized carbons (Fsp3) is 0.632. The highest BCUT2D eigenvalue weighted by molar-refractivity contribution is 5.75. The second-order valence-electron chi connectivity index (χ2n) is 7.62. The Kier molecular flexibility index (Phi) is 5.08. The van der Waals surface area contributed by atoms with Gasteiger partial charge in [0.05, 0.1) is 6.04 Å². The van der Waals surface area contributed by atoms with Crippen molar-refractivity contribution in [2.24, 2.45) is 0 Å². The van der Waals surface area contributed by atoms with Gasteiger partial charge in [-0.3, -0.25) is 0 Å². The van der Waals surface area contributed by atoms with Crippen molar-refractivity contribution in [3.05, 3.63) is 23.8 Å². The lowest BCUT2D eigenvalue weighted by atomic mass is 10.0. The topological polar surface area (TPSA) is 54.0 Å². The number of carbonyl (C=O) groups is 1. The number of urea groups is 1. The fourth-order valence-electron chi connectivity index (χ4n) is 3.18. The van der Waals surface area contributed by atoms with E-state index in [0.717, 1.165) is 36.4 Å². The van der Waals surface area contributed by atoms with Crippen molar-refractivity contribution in [1.82, 2.24) is 15.1 Å². The van der Waals surface area contributed by atoms with E-state index < -0.39 is 0 Å². The highest BCUT2D eigenvalue weighted by Gasteiger charge is 2.32. The smallest absolute Gasteiger partial charge is 0.317 e. The molecule has 0 bridgehead atoms. The van der Waals surface area contributed by atoms with Gasteiger partial charge in [-0.1, -0.05) is 6.07 Å². The summed E-state index contributed by atoms with van der Waals surface area (Å²) in [6, 6.07) is 6.13. The van der Waals surface area contributed by atoms with Gasteiger partial charge < -0.3 is 24.6 Å². The number of nitrogens with zero attached hydrogens (tertiary/aromatic N) is 2. The van der Waals surface area contributed by atoms with Crippen molar-refractivity contribution in [1.29, 1.82) is 0 Å². The zero-order valence-electron chi connectivity index (χ0n) is 15.7. The van der Waals surface area contributed by atoms with Gasteiger partial charge in [0.25, 0.3) is 0 Å². The number of amides is 2. The van der Waals surface area contributed by atoms with E-state index in [4.69, 9.17) is 9.47 Å². The fourth-order valence-corrected chi connectivity index (χ4v) is 3.18. The van der Waals surface area contributed by atoms with Gasteiger partial charge in [-0.25, -0.2) is 4.79 Å². The van der Waals surface area contributed by atoms with Crippen molar-refractivity contribution in [3.63, 3.8) is 0 Å². The maximum atomic E-state index is 12.7. The molecule has 25 heavy (non-hydrogen) atoms. The lowest BCUT2D eigenvalue weighted by molar-refractivity contribution is 0.165. The third-order valence-electron chi connectivity index (χ3n) is 5.35. The van der Waals surface area contributed by atoms with Crippen LogP contribution in [0.2, 0.25) is 0 Å². The molecule has 0 aromatic heterocycles. The van der Waals surface area contributed by atoms with Crippen molar-refractivity contribution in [2.75, 3.05) is 40.4 Å². The Labute approximate surface area is 150 Å². The van der Waals surface area contributed by atoms with Gasteiger partial charge in [-0.15, -0.1) is 0 Å². The predicted octanol–water partition coefficient (Wildman–Crippen LogP) is 2.64. The number of hydrogen-bond donors (Lipinski definition) is 1. The first kappa shape index (κ1) is 17.9. The third kappa shape index (κ3) is 3.84. The molecule has 0 radical (unpaired) electrons. The first-order chi connectivity index (χ1) is 11.9. The van der Waals surface area contributed by atoms with Gasteiger partial charge in [0.1, 0.15) is 13.2 Å². The molecule has 1 aromatic rings. The molecule has 0 aliphatic carbocycles. The zero-order chi connectivity index (χ0) is 18.0. The highest BCUT2D eigenvalue weighted by Crippen LogP contribution is 2.38. The predicted molar refractivity (Wildman–Crippen MR) is 97.3 cm³/mol. The molecule has 1 unspecified atom stereocenters. The number of likely N-dealkylation sites (N-methyl/N-ethyl adjacent to an activating group) is 1. The van der Waals surface area contributed by atoms with Crippen LogP contribution in [0.1, 0.15) is 38.3 Å². The summed E-state index contributed by atoms with van der Waals surface area (Å²) in [6.07, 6.45) is 1.99. The average Bonchev–Trinajstić information content (AvgIpc) is 3.09. The van der Waals surface area contributed by atoms with E-state index in [1.807, 2.05) is 37.2 Å². The van der Waals surface area contributed by atoms with E-state index in [-0.39, 0.29) is 17.6 Å². The molecule has 1 saturated heterocycles. The van der Waals surface area contributed by atoms with Crippen LogP contribution >= 0.6 is 0 Å². The summed E-state index contributed by atoms with van der Waals surface area (Å²) >= 11 is 0. The lowest BCUT2D eigenvalue weighted by Crippen LogP contribution is -2.51. The monoisotopic (exact) mass is 347 g/mol. The Bertz CT molecular complexity index is 630. The molecule has 6 heteroatoms. The van der Waals surface area contributed by atoms with E-state index in [1.54, 1.807) is 0 Å². The van der Waals surface area contributed by atoms with E-state index >= 15 is 0 Å². The third-order valence-corrected chi connectivity index (χ3v) is 5.35. The zero-order valence-corrected chi connectivity index (χ0v) is 15.7. The van der Waals surface area contributed by atoms with Gasteiger partial charge in [0.2, 0.25) is 0 Å². The molecule has 6 nitrogen and oxygen atoms in total. The van der Waals surface area contributed by atoms with Crippen molar-refractivity contribution >= 4 is 6.03 Å². The molecule has 2 amide bonds. The summed E-state index contributed by atoms with van der Waals surface area (Å²) in [6.45, 7) is 6.80. The minimum absolute atomic E-state index is 0.00677. The van der Waals surface area contributed by atoms with Crippen LogP contribution < -0.4 is 14.8 Å². The van der Waals surface area contributed by atoms with E-state index in [9.17, 15) is 4.79 Å². The molecule has 1 fully saturated rings. The van der Waals surface area contributed by atoms with Gasteiger partial charge in [-0.05, 0) is 58.5 Å². The Morgan fingerprint density at radius 2 is 2.00 bits per heavy atom. The molecule has 3 rings (SSSR count). The molecule has 2 aliphatic heterocycles.